The van der Waals surface area contributed by atoms with Crippen molar-refractivity contribution in [3.63, 3.8) is 0 Å². The van der Waals surface area contributed by atoms with Crippen LogP contribution in [0.2, 0.25) is 0 Å². The van der Waals surface area contributed by atoms with Crippen LogP contribution in [0, 0.1) is 0 Å². The van der Waals surface area contributed by atoms with E-state index in [1.54, 1.807) is 6.08 Å². The van der Waals surface area contributed by atoms with Crippen LogP contribution in [0.25, 0.3) is 0 Å². The Balaban J connectivity index is 2.46. The van der Waals surface area contributed by atoms with Crippen molar-refractivity contribution in [2.45, 2.75) is 19.5 Å². The fourth-order valence-corrected chi connectivity index (χ4v) is 0.583. The number of hydrogen-bond donors (Lipinski definition) is 0. The maximum atomic E-state index is 11.7. The first-order valence-electron chi connectivity index (χ1n) is 2.10. The lowest BCUT2D eigenvalue weighted by molar-refractivity contribution is 0.366. The largest absolute Gasteiger partial charge is 0.243 e. The molecule has 1 aliphatic rings. The van der Waals surface area contributed by atoms with Crippen molar-refractivity contribution in [3.8, 4) is 0 Å². The Morgan fingerprint density at radius 1 is 2.00 bits per heavy atom. The summed E-state index contributed by atoms with van der Waals surface area (Å²) in [5.74, 6) is 0. The second kappa shape index (κ2) is 1.07. The summed E-state index contributed by atoms with van der Waals surface area (Å²) in [4.78, 5) is 0. The number of halogens is 1. The second-order valence-electron chi connectivity index (χ2n) is 1.73. The molecule has 0 amide bonds. The van der Waals surface area contributed by atoms with E-state index in [0.29, 0.717) is 6.42 Å². The minimum atomic E-state index is -0.620. The fourth-order valence-electron chi connectivity index (χ4n) is 0.583. The molecular formula is C5H7F. The summed E-state index contributed by atoms with van der Waals surface area (Å²) >= 11 is 0. The van der Waals surface area contributed by atoms with Crippen molar-refractivity contribution in [2.24, 2.45) is 0 Å². The molecule has 0 aromatic carbocycles. The third-order valence-corrected chi connectivity index (χ3v) is 0.982. The van der Waals surface area contributed by atoms with Gasteiger partial charge in [-0.2, -0.15) is 0 Å². The van der Waals surface area contributed by atoms with Gasteiger partial charge in [0, 0.05) is 6.42 Å². The lowest BCUT2D eigenvalue weighted by Gasteiger charge is -2.12. The monoisotopic (exact) mass is 86.1 g/mol. The minimum absolute atomic E-state index is 0.620. The van der Waals surface area contributed by atoms with Crippen LogP contribution in [-0.4, -0.2) is 6.17 Å². The van der Waals surface area contributed by atoms with E-state index in [-0.39, 0.29) is 0 Å². The van der Waals surface area contributed by atoms with E-state index in [2.05, 4.69) is 0 Å². The fraction of sp³-hybridized carbons (Fsp3) is 0.600. The molecule has 1 atom stereocenters. The molecule has 1 unspecified atom stereocenters. The summed E-state index contributed by atoms with van der Waals surface area (Å²) in [6, 6.07) is 0. The highest BCUT2D eigenvalue weighted by Gasteiger charge is 2.12. The smallest absolute Gasteiger partial charge is 0.122 e. The SMILES string of the molecule is CC1=CC(F)C1. The van der Waals surface area contributed by atoms with Crippen molar-refractivity contribution in [3.05, 3.63) is 11.6 Å². The Hall–Kier alpha value is -0.330. The van der Waals surface area contributed by atoms with E-state index >= 15 is 0 Å². The quantitative estimate of drug-likeness (QED) is 0.393. The van der Waals surface area contributed by atoms with E-state index in [1.807, 2.05) is 6.92 Å². The molecule has 0 radical (unpaired) electrons. The van der Waals surface area contributed by atoms with Crippen molar-refractivity contribution in [1.82, 2.24) is 0 Å². The van der Waals surface area contributed by atoms with Gasteiger partial charge in [0.2, 0.25) is 0 Å². The molecule has 0 aromatic heterocycles. The van der Waals surface area contributed by atoms with Crippen LogP contribution < -0.4 is 0 Å². The zero-order valence-corrected chi connectivity index (χ0v) is 3.74. The zero-order valence-electron chi connectivity index (χ0n) is 3.74. The zero-order chi connectivity index (χ0) is 4.57. The van der Waals surface area contributed by atoms with Crippen LogP contribution in [0.5, 0.6) is 0 Å². The predicted octanol–water partition coefficient (Wildman–Crippen LogP) is 1.67. The van der Waals surface area contributed by atoms with Crippen molar-refractivity contribution in [2.75, 3.05) is 0 Å². The normalized spacial score (nSPS) is 31.7. The molecule has 0 fully saturated rings. The van der Waals surface area contributed by atoms with Gasteiger partial charge in [-0.1, -0.05) is 11.6 Å². The van der Waals surface area contributed by atoms with Gasteiger partial charge in [-0.3, -0.25) is 0 Å². The average molecular weight is 86.1 g/mol. The van der Waals surface area contributed by atoms with Gasteiger partial charge in [0.15, 0.2) is 0 Å². The van der Waals surface area contributed by atoms with Gasteiger partial charge in [-0.25, -0.2) is 4.39 Å². The van der Waals surface area contributed by atoms with E-state index in [9.17, 15) is 4.39 Å². The van der Waals surface area contributed by atoms with E-state index < -0.39 is 6.17 Å². The summed E-state index contributed by atoms with van der Waals surface area (Å²) in [6.45, 7) is 1.94. The molecule has 0 heterocycles. The van der Waals surface area contributed by atoms with E-state index in [1.165, 1.54) is 5.57 Å². The lowest BCUT2D eigenvalue weighted by Crippen LogP contribution is -2.06. The molecule has 0 aromatic rings. The summed E-state index contributed by atoms with van der Waals surface area (Å²) < 4.78 is 11.7. The molecule has 0 saturated heterocycles. The van der Waals surface area contributed by atoms with E-state index in [0.717, 1.165) is 0 Å². The Morgan fingerprint density at radius 2 is 2.50 bits per heavy atom. The van der Waals surface area contributed by atoms with Crippen LogP contribution in [-0.2, 0) is 0 Å². The molecule has 1 aliphatic carbocycles. The summed E-state index contributed by atoms with van der Waals surface area (Å²) in [5.41, 5.74) is 1.18. The number of allylic oxidation sites excluding steroid dienone is 2. The van der Waals surface area contributed by atoms with Gasteiger partial charge in [0.1, 0.15) is 6.17 Å². The molecule has 34 valence electrons. The summed E-state index contributed by atoms with van der Waals surface area (Å²) in [6.07, 6.45) is 1.69. The lowest BCUT2D eigenvalue weighted by atomic mass is 9.99. The van der Waals surface area contributed by atoms with Crippen LogP contribution in [0.1, 0.15) is 13.3 Å². The topological polar surface area (TPSA) is 0 Å². The molecule has 0 nitrogen and oxygen atoms in total. The Morgan fingerprint density at radius 3 is 2.50 bits per heavy atom. The summed E-state index contributed by atoms with van der Waals surface area (Å²) in [5, 5.41) is 0. The van der Waals surface area contributed by atoms with Crippen LogP contribution in [0.4, 0.5) is 4.39 Å². The first kappa shape index (κ1) is 3.85. The van der Waals surface area contributed by atoms with Gasteiger partial charge >= 0.3 is 0 Å². The highest BCUT2D eigenvalue weighted by atomic mass is 19.1. The molecule has 0 spiro atoms. The first-order chi connectivity index (χ1) is 2.79. The van der Waals surface area contributed by atoms with Crippen molar-refractivity contribution >= 4 is 0 Å². The summed E-state index contributed by atoms with van der Waals surface area (Å²) in [7, 11) is 0. The number of alkyl halides is 1. The molecule has 1 rings (SSSR count). The third-order valence-electron chi connectivity index (χ3n) is 0.982. The molecule has 1 heteroatoms. The molecule has 0 N–H and O–H groups in total. The highest BCUT2D eigenvalue weighted by molar-refractivity contribution is 5.14. The van der Waals surface area contributed by atoms with Gasteiger partial charge in [0.05, 0.1) is 0 Å². The predicted molar refractivity (Wildman–Crippen MR) is 23.3 cm³/mol. The molecular weight excluding hydrogens is 79.1 g/mol. The maximum Gasteiger partial charge on any atom is 0.122 e. The molecule has 0 bridgehead atoms. The third kappa shape index (κ3) is 0.445. The Bertz CT molecular complexity index is 83.9. The van der Waals surface area contributed by atoms with Gasteiger partial charge in [0.25, 0.3) is 0 Å². The Labute approximate surface area is 36.7 Å². The number of hydrogen-bond acceptors (Lipinski definition) is 0. The highest BCUT2D eigenvalue weighted by Crippen LogP contribution is 2.20. The van der Waals surface area contributed by atoms with Crippen LogP contribution in [0.3, 0.4) is 0 Å². The van der Waals surface area contributed by atoms with Crippen molar-refractivity contribution < 1.29 is 4.39 Å². The standard InChI is InChI=1S/C5H7F/c1-4-2-5(6)3-4/h2,5H,3H2,1H3. The second-order valence-corrected chi connectivity index (χ2v) is 1.73. The average Bonchev–Trinajstić information content (AvgIpc) is 1.33. The number of rotatable bonds is 0. The Kier molecular flexibility index (Phi) is 0.685. The molecule has 6 heavy (non-hydrogen) atoms. The van der Waals surface area contributed by atoms with Crippen LogP contribution in [0.15, 0.2) is 11.6 Å². The maximum absolute atomic E-state index is 11.7. The van der Waals surface area contributed by atoms with Crippen molar-refractivity contribution in [1.29, 1.82) is 0 Å². The first-order valence-corrected chi connectivity index (χ1v) is 2.10. The minimum Gasteiger partial charge on any atom is -0.243 e. The van der Waals surface area contributed by atoms with E-state index in [4.69, 9.17) is 0 Å². The van der Waals surface area contributed by atoms with Gasteiger partial charge in [-0.05, 0) is 6.92 Å². The molecule has 0 aliphatic heterocycles. The van der Waals surface area contributed by atoms with Gasteiger partial charge in [-0.15, -0.1) is 0 Å². The molecule has 0 saturated carbocycles. The van der Waals surface area contributed by atoms with Crippen LogP contribution >= 0.6 is 0 Å². The van der Waals surface area contributed by atoms with Gasteiger partial charge < -0.3 is 0 Å².